The first kappa shape index (κ1) is 88.8. The minimum atomic E-state index is -4.43. The van der Waals surface area contributed by atoms with Crippen molar-refractivity contribution in [2.45, 2.75) is 134 Å². The number of thiocarbonyl (C=S) groups is 1. The Kier molecular flexibility index (Phi) is 26.1. The molecule has 4 atom stereocenters. The van der Waals surface area contributed by atoms with Gasteiger partial charge in [0, 0.05) is 86.9 Å². The summed E-state index contributed by atoms with van der Waals surface area (Å²) in [5.41, 5.74) is 22.0. The van der Waals surface area contributed by atoms with Crippen LogP contribution in [0.3, 0.4) is 0 Å². The van der Waals surface area contributed by atoms with E-state index in [1.165, 1.54) is 40.1 Å². The van der Waals surface area contributed by atoms with E-state index in [1.54, 1.807) is 27.1 Å². The van der Waals surface area contributed by atoms with E-state index < -0.39 is 41.7 Å². The lowest BCUT2D eigenvalue weighted by Crippen LogP contribution is -2.69. The summed E-state index contributed by atoms with van der Waals surface area (Å²) in [7, 11) is 0. The zero-order valence-corrected chi connectivity index (χ0v) is 70.6. The van der Waals surface area contributed by atoms with E-state index in [2.05, 4.69) is 139 Å². The van der Waals surface area contributed by atoms with Crippen LogP contribution >= 0.6 is 24.0 Å². The maximum absolute atomic E-state index is 13.1. The number of aliphatic imine (C=N–C) groups is 4. The number of halogens is 9. The molecule has 644 valence electrons. The highest BCUT2D eigenvalue weighted by atomic mass is 32.2. The number of allylic oxidation sites excluding steroid dienone is 1. The normalized spacial score (nSPS) is 18.8. The van der Waals surface area contributed by atoms with Crippen LogP contribution < -0.4 is 25.8 Å². The minimum Gasteiger partial charge on any atom is -0.465 e. The van der Waals surface area contributed by atoms with Gasteiger partial charge in [0.15, 0.2) is 11.6 Å². The Labute approximate surface area is 730 Å². The fourth-order valence-corrected chi connectivity index (χ4v) is 17.5. The van der Waals surface area contributed by atoms with Crippen LogP contribution in [-0.4, -0.2) is 115 Å². The Morgan fingerprint density at radius 3 is 1.52 bits per heavy atom. The highest BCUT2D eigenvalue weighted by Gasteiger charge is 2.63. The summed E-state index contributed by atoms with van der Waals surface area (Å²) in [5, 5.41) is 9.76. The number of fused-ring (bicyclic) bond motifs is 7. The van der Waals surface area contributed by atoms with Gasteiger partial charge < -0.3 is 40.7 Å². The summed E-state index contributed by atoms with van der Waals surface area (Å²) in [4.78, 5) is 90.3. The second-order valence-electron chi connectivity index (χ2n) is 31.2. The summed E-state index contributed by atoms with van der Waals surface area (Å²) in [6.07, 6.45) is -8.64. The molecule has 1 unspecified atom stereocenters. The number of nitrogens with two attached hydrogens (primary N) is 1. The number of carbonyl (C=O) groups excluding carboxylic acids is 3. The van der Waals surface area contributed by atoms with Gasteiger partial charge in [-0.1, -0.05) is 176 Å². The lowest BCUT2D eigenvalue weighted by molar-refractivity contribution is -0.157. The number of rotatable bonds is 7. The molecule has 126 heavy (non-hydrogen) atoms. The van der Waals surface area contributed by atoms with Crippen LogP contribution in [0.4, 0.5) is 73.3 Å². The number of hydrogen-bond acceptors (Lipinski definition) is 14. The van der Waals surface area contributed by atoms with Gasteiger partial charge in [0.05, 0.1) is 60.3 Å². The van der Waals surface area contributed by atoms with Crippen LogP contribution in [0, 0.1) is 26.7 Å². The van der Waals surface area contributed by atoms with E-state index in [1.807, 2.05) is 188 Å². The summed E-state index contributed by atoms with van der Waals surface area (Å²) in [6, 6.07) is 67.5. The summed E-state index contributed by atoms with van der Waals surface area (Å²) in [5.74, 6) is 1.51. The van der Waals surface area contributed by atoms with E-state index in [0.717, 1.165) is 110 Å². The Bertz CT molecular complexity index is 6060. The van der Waals surface area contributed by atoms with Gasteiger partial charge in [0.2, 0.25) is 5.91 Å². The van der Waals surface area contributed by atoms with Gasteiger partial charge >= 0.3 is 24.6 Å². The molecule has 3 fully saturated rings. The van der Waals surface area contributed by atoms with Crippen molar-refractivity contribution < 1.29 is 63.8 Å². The van der Waals surface area contributed by atoms with Gasteiger partial charge in [0.1, 0.15) is 40.6 Å². The number of aromatic nitrogens is 4. The molecule has 13 heterocycles. The number of nitrogens with zero attached hydrogens (tertiary/aromatic N) is 13. The Balaban J connectivity index is 0.000000124. The maximum Gasteiger partial charge on any atom is 0.417 e. The first-order chi connectivity index (χ1) is 60.1. The van der Waals surface area contributed by atoms with Crippen molar-refractivity contribution >= 4 is 105 Å². The van der Waals surface area contributed by atoms with Gasteiger partial charge in [0.25, 0.3) is 11.8 Å². The zero-order valence-electron chi connectivity index (χ0n) is 69.0. The number of carbonyl (C=O) groups is 4. The van der Waals surface area contributed by atoms with Crippen molar-refractivity contribution in [2.24, 2.45) is 31.6 Å². The number of hydrogen-bond donors (Lipinski definition) is 3. The summed E-state index contributed by atoms with van der Waals surface area (Å²) in [6.45, 7) is 19.6. The molecule has 0 radical (unpaired) electrons. The second kappa shape index (κ2) is 37.1. The number of anilines is 3. The molecule has 0 bridgehead atoms. The second-order valence-corrected chi connectivity index (χ2v) is 33.4. The van der Waals surface area contributed by atoms with Gasteiger partial charge in [-0.3, -0.25) is 24.4 Å². The molecule has 0 spiro atoms. The number of alkyl halides is 9. The molecule has 9 aliphatic heterocycles. The predicted octanol–water partition coefficient (Wildman–Crippen LogP) is 20.1. The molecule has 4 amide bonds. The summed E-state index contributed by atoms with van der Waals surface area (Å²) >= 11 is 6.38. The molecule has 0 saturated carbocycles. The van der Waals surface area contributed by atoms with Crippen molar-refractivity contribution in [3.63, 3.8) is 0 Å². The predicted molar refractivity (Wildman–Crippen MR) is 473 cm³/mol. The Hall–Kier alpha value is -13.6. The zero-order chi connectivity index (χ0) is 89.7. The third kappa shape index (κ3) is 19.8. The van der Waals surface area contributed by atoms with Gasteiger partial charge in [-0.25, -0.2) is 34.7 Å². The van der Waals surface area contributed by atoms with E-state index in [9.17, 15) is 53.9 Å². The largest absolute Gasteiger partial charge is 0.465 e. The molecule has 3 saturated heterocycles. The molecule has 9 aliphatic rings. The number of β-lactam (4-membered cyclic amide) rings is 1. The number of amides is 4. The highest BCUT2D eigenvalue weighted by Crippen LogP contribution is 2.53. The number of benzene rings is 7. The van der Waals surface area contributed by atoms with Crippen LogP contribution in [-0.2, 0) is 56.4 Å². The molecule has 4 N–H and O–H groups in total. The highest BCUT2D eigenvalue weighted by molar-refractivity contribution is 8.01. The number of piperidine rings is 1. The smallest absolute Gasteiger partial charge is 0.417 e. The summed E-state index contributed by atoms with van der Waals surface area (Å²) < 4.78 is 114. The van der Waals surface area contributed by atoms with Crippen LogP contribution in [0.1, 0.15) is 138 Å². The lowest BCUT2D eigenvalue weighted by atomic mass is 9.97. The molecule has 4 aromatic heterocycles. The monoisotopic (exact) mass is 1750 g/mol. The number of primary amides is 1. The fourth-order valence-electron chi connectivity index (χ4n) is 15.4. The Morgan fingerprint density at radius 1 is 0.532 bits per heavy atom. The van der Waals surface area contributed by atoms with Crippen LogP contribution in [0.15, 0.2) is 275 Å². The van der Waals surface area contributed by atoms with Crippen molar-refractivity contribution in [3.05, 3.63) is 350 Å². The maximum atomic E-state index is 13.1. The topological polar surface area (TPSA) is 244 Å². The van der Waals surface area contributed by atoms with E-state index in [-0.39, 0.29) is 57.2 Å². The molecular weight excluding hydrogens is 1670 g/mol. The number of pyridine rings is 4. The molecule has 11 aromatic rings. The van der Waals surface area contributed by atoms with Crippen molar-refractivity contribution in [2.75, 3.05) is 14.7 Å². The molecule has 20 rings (SSSR count). The first-order valence-corrected chi connectivity index (χ1v) is 41.3. The van der Waals surface area contributed by atoms with Crippen LogP contribution in [0.5, 0.6) is 0 Å². The number of thioether (sulfide) groups is 1. The number of aryl methyl sites for hydroxylation is 3. The van der Waals surface area contributed by atoms with E-state index >= 15 is 0 Å². The molecule has 0 aliphatic carbocycles. The lowest BCUT2D eigenvalue weighted by Gasteiger charge is -2.47. The van der Waals surface area contributed by atoms with Gasteiger partial charge in [-0.15, -0.1) is 11.8 Å². The fraction of sp³-hybridized carbons (Fsp3) is 0.232. The van der Waals surface area contributed by atoms with Crippen molar-refractivity contribution in [1.82, 2.24) is 35.1 Å². The van der Waals surface area contributed by atoms with Gasteiger partial charge in [-0.2, -0.15) is 39.5 Å². The number of amidine groups is 2. The average Bonchev–Trinajstić information content (AvgIpc) is 1.55. The third-order valence-corrected chi connectivity index (χ3v) is 24.3. The van der Waals surface area contributed by atoms with Crippen molar-refractivity contribution in [3.8, 4) is 0 Å². The van der Waals surface area contributed by atoms with E-state index in [4.69, 9.17) is 9.90 Å². The first-order valence-electron chi connectivity index (χ1n) is 40.0. The van der Waals surface area contributed by atoms with Crippen LogP contribution in [0.25, 0.3) is 0 Å². The van der Waals surface area contributed by atoms with E-state index in [0.29, 0.717) is 67.4 Å². The molecule has 31 heteroatoms. The van der Waals surface area contributed by atoms with Gasteiger partial charge in [-0.05, 0) is 166 Å². The Morgan fingerprint density at radius 2 is 1.02 bits per heavy atom. The SMILES string of the molecule is C=C1CCC(C(F)(F)F)C(=S)N1.C[C@@H]1N2C(=O)[C@@H](N3Cc4ccccc4C3=O)[C@H]2SC1(C)C.Cc1ccc(N2Cc3ccccc3C2=O)cc1.Cc1ccc(N=C2c3ccccc3CN2c2ccc(C(F)(F)F)cn2)nc1.Cc1ccnc(N=C2c3ccccc3CN2c2cc(C(F)(F)F)ccn2)c1.NC(=O)O.c1ccc2c(c1)CN=C2C1=NCc2ccccc21. The minimum absolute atomic E-state index is 0.00144. The van der Waals surface area contributed by atoms with Crippen LogP contribution in [0.2, 0.25) is 0 Å². The molecular formula is C95H84F9N15O5S2. The molecule has 20 nitrogen and oxygen atoms in total. The third-order valence-electron chi connectivity index (χ3n) is 22.2. The average molecular weight is 1750 g/mol. The van der Waals surface area contributed by atoms with Crippen molar-refractivity contribution in [1.29, 1.82) is 0 Å². The molecule has 7 aromatic carbocycles. The number of carboxylic acid groups (broad SMARTS) is 1. The number of nitrogens with one attached hydrogen (secondary N) is 1. The quantitative estimate of drug-likeness (QED) is 0.0764. The standard InChI is InChI=1S/2C20H15F3N4.C16H18N2O2S.C16H12N2.C15H13NO.C7H8F3NS.CH3NO2/c1-13-6-8-24-17(10-13)26-19-16-5-3-2-4-14(16)12-27(19)18-11-15(7-9-25-18)20(21,22)23;1-13-6-8-17(24-10-13)26-19-16-5-3-2-4-14(16)12-27(19)18-9-7-15(11-25-18)20(21,22)23;1-9-16(2,3)21-15-12(14(20)18(9)15)17-8-10-6-4-5-7-11(10)13(17)19;1-3-7-13-11(5-1)9-17-15(13)16-14-8-4-2-6-12(14)10-18-16;1-11-6-8-13(9-7-11)16-10-12-4-2-3-5-14(12)15(16)17;1-4-2-3-5(6(12)11-4)7(8,9)10;2-1(3)4/h2*2-11H,12H2,1H3;4-7,9,12,15H,8H2,1-3H3;1-8H,9-10H2;2-9H,10H2,1H3;5H,1-3H2,(H,11,12);2H2,(H,3,4)/t;;9-,12+,15+;;;;/m..0..../s1.